The minimum absolute atomic E-state index is 0.144. The Morgan fingerprint density at radius 2 is 1.95 bits per heavy atom. The Hall–Kier alpha value is -0.560. The summed E-state index contributed by atoms with van der Waals surface area (Å²) >= 11 is 0. The van der Waals surface area contributed by atoms with Gasteiger partial charge in [0.15, 0.2) is 0 Å². The van der Waals surface area contributed by atoms with Crippen LogP contribution in [0.15, 0.2) is 23.8 Å². The van der Waals surface area contributed by atoms with E-state index in [9.17, 15) is 5.11 Å². The van der Waals surface area contributed by atoms with Gasteiger partial charge < -0.3 is 5.11 Å². The molecule has 1 nitrogen and oxygen atoms in total. The maximum atomic E-state index is 9.99. The molecule has 1 heteroatoms. The lowest BCUT2D eigenvalue weighted by atomic mass is 9.47. The summed E-state index contributed by atoms with van der Waals surface area (Å²) in [5.41, 5.74) is 4.33. The fraction of sp³-hybridized carbons (Fsp3) is 0.800. The van der Waals surface area contributed by atoms with E-state index in [-0.39, 0.29) is 5.41 Å². The molecule has 1 N–H and O–H groups in total. The molecule has 0 heterocycles. The lowest BCUT2D eigenvalue weighted by Gasteiger charge is -2.57. The SMILES string of the molecule is C=C[C@]1(C)CCC2=C(CC[C@H]3[C@](C)(CO)CCC[C@@]23C)C1. The summed E-state index contributed by atoms with van der Waals surface area (Å²) in [4.78, 5) is 0. The lowest BCUT2D eigenvalue weighted by Crippen LogP contribution is -2.49. The summed E-state index contributed by atoms with van der Waals surface area (Å²) < 4.78 is 0. The molecule has 118 valence electrons. The number of fused-ring (bicyclic) bond motifs is 2. The van der Waals surface area contributed by atoms with Crippen LogP contribution in [0, 0.1) is 22.2 Å². The predicted molar refractivity (Wildman–Crippen MR) is 89.1 cm³/mol. The van der Waals surface area contributed by atoms with Gasteiger partial charge in [0.25, 0.3) is 0 Å². The van der Waals surface area contributed by atoms with Crippen molar-refractivity contribution >= 4 is 0 Å². The van der Waals surface area contributed by atoms with E-state index in [1.165, 1.54) is 51.4 Å². The number of aliphatic hydroxyl groups excluding tert-OH is 1. The van der Waals surface area contributed by atoms with Crippen LogP contribution in [0.25, 0.3) is 0 Å². The molecule has 0 aliphatic heterocycles. The molecule has 1 saturated carbocycles. The van der Waals surface area contributed by atoms with Gasteiger partial charge in [0, 0.05) is 6.61 Å². The lowest BCUT2D eigenvalue weighted by molar-refractivity contribution is -0.0415. The highest BCUT2D eigenvalue weighted by Crippen LogP contribution is 2.62. The predicted octanol–water partition coefficient (Wildman–Crippen LogP) is 5.26. The average molecular weight is 288 g/mol. The summed E-state index contributed by atoms with van der Waals surface area (Å²) in [7, 11) is 0. The zero-order chi connectivity index (χ0) is 15.3. The number of aliphatic hydroxyl groups is 1. The van der Waals surface area contributed by atoms with Crippen LogP contribution < -0.4 is 0 Å². The topological polar surface area (TPSA) is 20.2 Å². The van der Waals surface area contributed by atoms with E-state index in [4.69, 9.17) is 0 Å². The maximum absolute atomic E-state index is 9.99. The van der Waals surface area contributed by atoms with Crippen LogP contribution in [-0.4, -0.2) is 11.7 Å². The van der Waals surface area contributed by atoms with Gasteiger partial charge in [-0.2, -0.15) is 0 Å². The monoisotopic (exact) mass is 288 g/mol. The van der Waals surface area contributed by atoms with Crippen LogP contribution >= 0.6 is 0 Å². The van der Waals surface area contributed by atoms with Gasteiger partial charge in [0.1, 0.15) is 0 Å². The van der Waals surface area contributed by atoms with Crippen molar-refractivity contribution in [3.05, 3.63) is 23.8 Å². The van der Waals surface area contributed by atoms with E-state index < -0.39 is 0 Å². The highest BCUT2D eigenvalue weighted by atomic mass is 16.3. The quantitative estimate of drug-likeness (QED) is 0.687. The molecule has 0 spiro atoms. The maximum Gasteiger partial charge on any atom is 0.0487 e. The van der Waals surface area contributed by atoms with Crippen molar-refractivity contribution in [2.45, 2.75) is 72.1 Å². The van der Waals surface area contributed by atoms with Crippen LogP contribution in [0.2, 0.25) is 0 Å². The normalized spacial score (nSPS) is 46.8. The molecular formula is C20H32O. The third-order valence-corrected chi connectivity index (χ3v) is 7.32. The third kappa shape index (κ3) is 2.23. The van der Waals surface area contributed by atoms with Crippen molar-refractivity contribution < 1.29 is 5.11 Å². The van der Waals surface area contributed by atoms with Crippen molar-refractivity contribution in [3.63, 3.8) is 0 Å². The number of hydrogen-bond donors (Lipinski definition) is 1. The van der Waals surface area contributed by atoms with Crippen LogP contribution in [-0.2, 0) is 0 Å². The Balaban J connectivity index is 1.98. The Morgan fingerprint density at radius 1 is 1.19 bits per heavy atom. The second-order valence-electron chi connectivity index (χ2n) is 8.79. The number of hydrogen-bond acceptors (Lipinski definition) is 1. The van der Waals surface area contributed by atoms with Gasteiger partial charge in [-0.25, -0.2) is 0 Å². The van der Waals surface area contributed by atoms with E-state index in [1.807, 2.05) is 0 Å². The van der Waals surface area contributed by atoms with Gasteiger partial charge in [0.05, 0.1) is 0 Å². The molecule has 0 saturated heterocycles. The van der Waals surface area contributed by atoms with E-state index in [0.29, 0.717) is 23.4 Å². The molecule has 3 aliphatic carbocycles. The highest BCUT2D eigenvalue weighted by molar-refractivity contribution is 5.32. The largest absolute Gasteiger partial charge is 0.396 e. The van der Waals surface area contributed by atoms with Gasteiger partial charge in [-0.05, 0) is 67.1 Å². The van der Waals surface area contributed by atoms with Crippen LogP contribution in [0.3, 0.4) is 0 Å². The molecule has 0 aromatic rings. The van der Waals surface area contributed by atoms with Crippen LogP contribution in [0.4, 0.5) is 0 Å². The molecule has 21 heavy (non-hydrogen) atoms. The standard InChI is InChI=1S/C20H32O/c1-5-18(2)12-9-16-15(13-18)7-8-17-19(3,14-21)10-6-11-20(16,17)4/h5,17,21H,1,6-14H2,2-4H3/t17-,18+,19-,20-/m0/s1. The van der Waals surface area contributed by atoms with Gasteiger partial charge in [-0.3, -0.25) is 0 Å². The molecule has 3 rings (SSSR count). The Labute approximate surface area is 130 Å². The van der Waals surface area contributed by atoms with E-state index >= 15 is 0 Å². The molecule has 0 bridgehead atoms. The fourth-order valence-corrected chi connectivity index (χ4v) is 5.89. The van der Waals surface area contributed by atoms with Crippen molar-refractivity contribution in [3.8, 4) is 0 Å². The first-order valence-electron chi connectivity index (χ1n) is 8.83. The van der Waals surface area contributed by atoms with Crippen LogP contribution in [0.1, 0.15) is 72.1 Å². The summed E-state index contributed by atoms with van der Waals surface area (Å²) in [5, 5.41) is 9.99. The molecule has 4 atom stereocenters. The molecule has 3 aliphatic rings. The van der Waals surface area contributed by atoms with Crippen molar-refractivity contribution in [1.29, 1.82) is 0 Å². The number of rotatable bonds is 2. The second kappa shape index (κ2) is 4.98. The first kappa shape index (κ1) is 15.3. The van der Waals surface area contributed by atoms with Crippen molar-refractivity contribution in [2.75, 3.05) is 6.61 Å². The van der Waals surface area contributed by atoms with Crippen LogP contribution in [0.5, 0.6) is 0 Å². The van der Waals surface area contributed by atoms with E-state index in [2.05, 4.69) is 33.4 Å². The molecule has 0 amide bonds. The Kier molecular flexibility index (Phi) is 3.64. The third-order valence-electron chi connectivity index (χ3n) is 7.32. The summed E-state index contributed by atoms with van der Waals surface area (Å²) in [6.45, 7) is 11.6. The van der Waals surface area contributed by atoms with E-state index in [0.717, 1.165) is 0 Å². The summed E-state index contributed by atoms with van der Waals surface area (Å²) in [6.07, 6.45) is 12.3. The molecular weight excluding hydrogens is 256 g/mol. The molecule has 1 fully saturated rings. The summed E-state index contributed by atoms with van der Waals surface area (Å²) in [6, 6.07) is 0. The van der Waals surface area contributed by atoms with Gasteiger partial charge in [-0.1, -0.05) is 44.4 Å². The highest BCUT2D eigenvalue weighted by Gasteiger charge is 2.53. The van der Waals surface area contributed by atoms with Gasteiger partial charge in [-0.15, -0.1) is 6.58 Å². The minimum Gasteiger partial charge on any atom is -0.396 e. The van der Waals surface area contributed by atoms with Crippen molar-refractivity contribution in [1.82, 2.24) is 0 Å². The first-order valence-corrected chi connectivity index (χ1v) is 8.83. The average Bonchev–Trinajstić information content (AvgIpc) is 2.46. The zero-order valence-corrected chi connectivity index (χ0v) is 14.2. The van der Waals surface area contributed by atoms with Gasteiger partial charge >= 0.3 is 0 Å². The Morgan fingerprint density at radius 3 is 2.62 bits per heavy atom. The zero-order valence-electron chi connectivity index (χ0n) is 14.2. The molecule has 0 aromatic heterocycles. The van der Waals surface area contributed by atoms with E-state index in [1.54, 1.807) is 11.1 Å². The van der Waals surface area contributed by atoms with Crippen molar-refractivity contribution in [2.24, 2.45) is 22.2 Å². The fourth-order valence-electron chi connectivity index (χ4n) is 5.89. The second-order valence-corrected chi connectivity index (χ2v) is 8.79. The van der Waals surface area contributed by atoms with Gasteiger partial charge in [0.2, 0.25) is 0 Å². The smallest absolute Gasteiger partial charge is 0.0487 e. The summed E-state index contributed by atoms with van der Waals surface area (Å²) in [5.74, 6) is 0.676. The molecule has 0 aromatic carbocycles. The minimum atomic E-state index is 0.144. The first-order chi connectivity index (χ1) is 9.87. The Bertz CT molecular complexity index is 476. The molecule has 0 unspecified atom stereocenters. The molecule has 0 radical (unpaired) electrons. The number of allylic oxidation sites excluding steroid dienone is 3.